The molecule has 142 valence electrons. The summed E-state index contributed by atoms with van der Waals surface area (Å²) in [5.41, 5.74) is 0.573. The Morgan fingerprint density at radius 2 is 2.00 bits per heavy atom. The average Bonchev–Trinajstić information content (AvgIpc) is 3.25. The first kappa shape index (κ1) is 18.7. The standard InChI is InChI=1S/C17H11ClN4O4S2/c1-28(24,25)17-21-27-16-20-15(23)11(14(19)22(16)17)8-9-6-7-13(26-9)10-4-2-3-5-12(10)18/h2-8,19H,1H3/b11-8-,19-14?. The predicted molar refractivity (Wildman–Crippen MR) is 109 cm³/mol. The van der Waals surface area contributed by atoms with Crippen LogP contribution in [0.25, 0.3) is 17.4 Å². The third kappa shape index (κ3) is 3.19. The number of carbonyl (C=O) groups is 1. The number of nitrogens with zero attached hydrogens (tertiary/aromatic N) is 3. The molecule has 28 heavy (non-hydrogen) atoms. The number of carbonyl (C=O) groups excluding carboxylic acids is 1. The molecule has 0 radical (unpaired) electrons. The van der Waals surface area contributed by atoms with Crippen molar-refractivity contribution >= 4 is 61.5 Å². The van der Waals surface area contributed by atoms with Gasteiger partial charge in [0.05, 0.1) is 22.5 Å². The highest BCUT2D eigenvalue weighted by molar-refractivity contribution is 8.16. The van der Waals surface area contributed by atoms with E-state index in [1.165, 1.54) is 6.08 Å². The monoisotopic (exact) mass is 434 g/mol. The van der Waals surface area contributed by atoms with Gasteiger partial charge in [0.15, 0.2) is 0 Å². The molecule has 0 unspecified atom stereocenters. The van der Waals surface area contributed by atoms with Crippen LogP contribution >= 0.6 is 23.5 Å². The van der Waals surface area contributed by atoms with E-state index in [4.69, 9.17) is 21.4 Å². The van der Waals surface area contributed by atoms with Gasteiger partial charge >= 0.3 is 0 Å². The van der Waals surface area contributed by atoms with E-state index in [-0.39, 0.29) is 21.7 Å². The lowest BCUT2D eigenvalue weighted by molar-refractivity contribution is -0.114. The van der Waals surface area contributed by atoms with Crippen molar-refractivity contribution in [3.63, 3.8) is 0 Å². The average molecular weight is 435 g/mol. The van der Waals surface area contributed by atoms with Crippen molar-refractivity contribution in [1.29, 1.82) is 5.41 Å². The number of fused-ring (bicyclic) bond motifs is 1. The third-order valence-electron chi connectivity index (χ3n) is 3.88. The van der Waals surface area contributed by atoms with Gasteiger partial charge in [0.1, 0.15) is 17.4 Å². The summed E-state index contributed by atoms with van der Waals surface area (Å²) in [6.07, 6.45) is 2.32. The van der Waals surface area contributed by atoms with Crippen LogP contribution in [0.2, 0.25) is 5.02 Å². The summed E-state index contributed by atoms with van der Waals surface area (Å²) in [6, 6.07) is 10.4. The second kappa shape index (κ2) is 6.73. The Hall–Kier alpha value is -2.69. The van der Waals surface area contributed by atoms with Gasteiger partial charge in [-0.3, -0.25) is 10.2 Å². The van der Waals surface area contributed by atoms with Crippen molar-refractivity contribution in [3.8, 4) is 11.3 Å². The van der Waals surface area contributed by atoms with Crippen molar-refractivity contribution in [1.82, 2.24) is 4.90 Å². The van der Waals surface area contributed by atoms with Crippen LogP contribution in [0.3, 0.4) is 0 Å². The van der Waals surface area contributed by atoms with Gasteiger partial charge in [0.25, 0.3) is 5.91 Å². The smallest absolute Gasteiger partial charge is 0.283 e. The molecule has 0 aliphatic carbocycles. The molecule has 1 amide bonds. The predicted octanol–water partition coefficient (Wildman–Crippen LogP) is 3.22. The largest absolute Gasteiger partial charge is 0.457 e. The molecule has 1 aromatic carbocycles. The molecule has 1 N–H and O–H groups in total. The first-order valence-corrected chi connectivity index (χ1v) is 10.8. The van der Waals surface area contributed by atoms with Crippen LogP contribution in [-0.4, -0.2) is 41.7 Å². The fourth-order valence-corrected chi connectivity index (χ4v) is 4.69. The van der Waals surface area contributed by atoms with Crippen LogP contribution in [0.4, 0.5) is 0 Å². The molecule has 8 nitrogen and oxygen atoms in total. The van der Waals surface area contributed by atoms with Gasteiger partial charge in [-0.2, -0.15) is 9.39 Å². The molecule has 0 spiro atoms. The highest BCUT2D eigenvalue weighted by Crippen LogP contribution is 2.32. The maximum atomic E-state index is 12.3. The Morgan fingerprint density at radius 1 is 1.25 bits per heavy atom. The Kier molecular flexibility index (Phi) is 4.48. The summed E-state index contributed by atoms with van der Waals surface area (Å²) < 4.78 is 33.3. The Morgan fingerprint density at radius 3 is 2.71 bits per heavy atom. The summed E-state index contributed by atoms with van der Waals surface area (Å²) >= 11 is 6.90. The fraction of sp³-hybridized carbons (Fsp3) is 0.0588. The molecule has 4 rings (SSSR count). The van der Waals surface area contributed by atoms with E-state index in [1.54, 1.807) is 30.3 Å². The number of furan rings is 1. The van der Waals surface area contributed by atoms with Crippen LogP contribution in [0, 0.1) is 5.41 Å². The lowest BCUT2D eigenvalue weighted by Gasteiger charge is -2.23. The fourth-order valence-electron chi connectivity index (χ4n) is 2.62. The van der Waals surface area contributed by atoms with Crippen LogP contribution < -0.4 is 0 Å². The number of sulfone groups is 1. The second-order valence-electron chi connectivity index (χ2n) is 5.86. The van der Waals surface area contributed by atoms with E-state index in [0.717, 1.165) is 23.1 Å². The molecule has 2 aliphatic heterocycles. The SMILES string of the molecule is CS(=O)(=O)C1=NSC2=NC(=O)/C(=C\c3ccc(-c4ccccc4Cl)o3)C(=N)N21. The number of rotatable bonds is 2. The molecule has 2 aromatic rings. The van der Waals surface area contributed by atoms with Crippen LogP contribution in [0.1, 0.15) is 5.76 Å². The van der Waals surface area contributed by atoms with Crippen molar-refractivity contribution < 1.29 is 17.6 Å². The van der Waals surface area contributed by atoms with E-state index in [0.29, 0.717) is 22.1 Å². The number of amidine groups is 3. The normalized spacial score (nSPS) is 18.4. The van der Waals surface area contributed by atoms with Crippen LogP contribution in [0.15, 0.2) is 55.8 Å². The summed E-state index contributed by atoms with van der Waals surface area (Å²) in [7, 11) is -3.70. The Balaban J connectivity index is 1.71. The van der Waals surface area contributed by atoms with Gasteiger partial charge in [0, 0.05) is 11.8 Å². The number of nitrogens with one attached hydrogen (secondary N) is 1. The molecule has 0 saturated carbocycles. The van der Waals surface area contributed by atoms with Crippen molar-refractivity contribution in [3.05, 3.63) is 52.8 Å². The van der Waals surface area contributed by atoms with Crippen molar-refractivity contribution in [2.75, 3.05) is 6.26 Å². The number of hydrogen-bond donors (Lipinski definition) is 1. The number of hydrogen-bond acceptors (Lipinski definition) is 7. The maximum absolute atomic E-state index is 12.3. The summed E-state index contributed by atoms with van der Waals surface area (Å²) in [4.78, 5) is 17.2. The number of aliphatic imine (C=N–C) groups is 1. The summed E-state index contributed by atoms with van der Waals surface area (Å²) in [5.74, 6) is -0.220. The number of halogens is 1. The van der Waals surface area contributed by atoms with Crippen LogP contribution in [0.5, 0.6) is 0 Å². The van der Waals surface area contributed by atoms with Gasteiger partial charge in [-0.1, -0.05) is 23.7 Å². The molecule has 3 heterocycles. The molecule has 0 saturated heterocycles. The van der Waals surface area contributed by atoms with Gasteiger partial charge in [0.2, 0.25) is 20.2 Å². The van der Waals surface area contributed by atoms with Crippen LogP contribution in [-0.2, 0) is 14.6 Å². The van der Waals surface area contributed by atoms with Gasteiger partial charge < -0.3 is 4.42 Å². The highest BCUT2D eigenvalue weighted by Gasteiger charge is 2.41. The molecule has 0 bridgehead atoms. The molecule has 0 fully saturated rings. The van der Waals surface area contributed by atoms with Crippen molar-refractivity contribution in [2.45, 2.75) is 0 Å². The Bertz CT molecular complexity index is 1230. The summed E-state index contributed by atoms with van der Waals surface area (Å²) in [5, 5.41) is 8.51. The van der Waals surface area contributed by atoms with Crippen molar-refractivity contribution in [2.24, 2.45) is 9.39 Å². The van der Waals surface area contributed by atoms with E-state index in [2.05, 4.69) is 9.39 Å². The second-order valence-corrected chi connectivity index (χ2v) is 8.91. The molecular formula is C17H11ClN4O4S2. The number of benzene rings is 1. The van der Waals surface area contributed by atoms with E-state index in [9.17, 15) is 13.2 Å². The molecule has 0 atom stereocenters. The highest BCUT2D eigenvalue weighted by atomic mass is 35.5. The molecule has 11 heteroatoms. The van der Waals surface area contributed by atoms with Gasteiger partial charge in [-0.15, -0.1) is 0 Å². The quantitative estimate of drug-likeness (QED) is 0.573. The lowest BCUT2D eigenvalue weighted by atomic mass is 10.1. The minimum absolute atomic E-state index is 0.0313. The minimum Gasteiger partial charge on any atom is -0.457 e. The zero-order valence-corrected chi connectivity index (χ0v) is 16.6. The van der Waals surface area contributed by atoms with Gasteiger partial charge in [-0.25, -0.2) is 13.3 Å². The zero-order valence-electron chi connectivity index (χ0n) is 14.2. The lowest BCUT2D eigenvalue weighted by Crippen LogP contribution is -2.45. The molecule has 2 aliphatic rings. The first-order valence-electron chi connectivity index (χ1n) is 7.79. The Labute approximate surface area is 169 Å². The molecule has 1 aromatic heterocycles. The third-order valence-corrected chi connectivity index (χ3v) is 5.96. The first-order chi connectivity index (χ1) is 13.3. The maximum Gasteiger partial charge on any atom is 0.283 e. The van der Waals surface area contributed by atoms with E-state index < -0.39 is 15.7 Å². The zero-order chi connectivity index (χ0) is 20.1. The van der Waals surface area contributed by atoms with E-state index in [1.807, 2.05) is 6.07 Å². The topological polar surface area (TPSA) is 116 Å². The molecular weight excluding hydrogens is 424 g/mol. The van der Waals surface area contributed by atoms with E-state index >= 15 is 0 Å². The minimum atomic E-state index is -3.70. The number of amides is 1. The van der Waals surface area contributed by atoms with Gasteiger partial charge in [-0.05, 0) is 30.3 Å². The summed E-state index contributed by atoms with van der Waals surface area (Å²) in [6.45, 7) is 0.